The van der Waals surface area contributed by atoms with Crippen LogP contribution in [0.3, 0.4) is 0 Å². The molecule has 2 heteroatoms. The molecule has 5 rings (SSSR count). The summed E-state index contributed by atoms with van der Waals surface area (Å²) >= 11 is 0. The third-order valence-electron chi connectivity index (χ3n) is 5.83. The van der Waals surface area contributed by atoms with E-state index in [0.717, 1.165) is 16.3 Å². The van der Waals surface area contributed by atoms with Crippen molar-refractivity contribution in [1.29, 1.82) is 0 Å². The van der Waals surface area contributed by atoms with Crippen molar-refractivity contribution < 1.29 is 21.0 Å². The Hall–Kier alpha value is -2.35. The van der Waals surface area contributed by atoms with Crippen LogP contribution < -0.4 is 4.57 Å². The van der Waals surface area contributed by atoms with Gasteiger partial charge >= 0.3 is 0 Å². The molecule has 0 spiro atoms. The first kappa shape index (κ1) is 7.72. The lowest BCUT2D eigenvalue weighted by atomic mass is 9.60. The van der Waals surface area contributed by atoms with Crippen LogP contribution in [0.2, 0.25) is 0 Å². The lowest BCUT2D eigenvalue weighted by Crippen LogP contribution is -2.44. The Balaban J connectivity index is 2.34. The van der Waals surface area contributed by atoms with Gasteiger partial charge in [-0.1, -0.05) is 57.7 Å². The second-order valence-corrected chi connectivity index (χ2v) is 7.44. The molecule has 0 amide bonds. The molecular formula is C24H27N2+. The number of aryl methyl sites for hydroxylation is 3. The highest BCUT2D eigenvalue weighted by Crippen LogP contribution is 2.51. The summed E-state index contributed by atoms with van der Waals surface area (Å²) in [4.78, 5) is 0. The Morgan fingerprint density at radius 3 is 2.38 bits per heavy atom. The van der Waals surface area contributed by atoms with E-state index in [-0.39, 0.29) is 16.8 Å². The molecule has 1 aliphatic rings. The van der Waals surface area contributed by atoms with Gasteiger partial charge in [-0.15, -0.1) is 0 Å². The maximum atomic E-state index is 8.66. The van der Waals surface area contributed by atoms with Gasteiger partial charge in [0.15, 0.2) is 5.69 Å². The molecule has 0 fully saturated rings. The fraction of sp³-hybridized carbons (Fsp3) is 0.375. The summed E-state index contributed by atoms with van der Waals surface area (Å²) in [5, 5.41) is 2.01. The Labute approximate surface area is 171 Å². The average Bonchev–Trinajstić information content (AvgIpc) is 3.06. The highest BCUT2D eigenvalue weighted by molar-refractivity contribution is 6.14. The van der Waals surface area contributed by atoms with E-state index in [1.54, 1.807) is 24.6 Å². The molecule has 0 N–H and O–H groups in total. The van der Waals surface area contributed by atoms with Gasteiger partial charge in [0.25, 0.3) is 5.65 Å². The van der Waals surface area contributed by atoms with E-state index in [0.29, 0.717) is 16.6 Å². The van der Waals surface area contributed by atoms with Gasteiger partial charge in [0.1, 0.15) is 11.7 Å². The molecule has 4 aromatic rings. The number of pyridine rings is 1. The van der Waals surface area contributed by atoms with Crippen molar-refractivity contribution >= 4 is 27.3 Å². The maximum absolute atomic E-state index is 8.66. The van der Waals surface area contributed by atoms with Crippen molar-refractivity contribution in [2.45, 2.75) is 52.1 Å². The fourth-order valence-electron chi connectivity index (χ4n) is 4.49. The van der Waals surface area contributed by atoms with Gasteiger partial charge in [-0.25, -0.2) is 4.57 Å². The van der Waals surface area contributed by atoms with E-state index in [9.17, 15) is 0 Å². The van der Waals surface area contributed by atoms with E-state index < -0.39 is 38.2 Å². The SMILES string of the molecule is [2H]C([2H])([2H])C1(C([2H])([2H])[2H])c2ccc(C)c3c4cccc(C)c4c4n(c(c[n+]4C)C1(C([2H])([2H])[2H])C([2H])([2H])[2H])c23. The Bertz CT molecular complexity index is 1620. The van der Waals surface area contributed by atoms with Gasteiger partial charge in [-0.2, -0.15) is 4.40 Å². The van der Waals surface area contributed by atoms with Crippen molar-refractivity contribution in [3.8, 4) is 0 Å². The third-order valence-corrected chi connectivity index (χ3v) is 5.83. The molecule has 0 unspecified atom stereocenters. The van der Waals surface area contributed by atoms with Crippen LogP contribution in [0.25, 0.3) is 27.3 Å². The molecule has 26 heavy (non-hydrogen) atoms. The molecule has 0 radical (unpaired) electrons. The van der Waals surface area contributed by atoms with Crippen molar-refractivity contribution in [1.82, 2.24) is 4.40 Å². The number of rotatable bonds is 0. The molecule has 0 bridgehead atoms. The van der Waals surface area contributed by atoms with E-state index in [1.165, 1.54) is 16.7 Å². The summed E-state index contributed by atoms with van der Waals surface area (Å²) in [6, 6.07) is 8.41. The van der Waals surface area contributed by atoms with E-state index in [4.69, 9.17) is 16.4 Å². The molecule has 0 saturated heterocycles. The maximum Gasteiger partial charge on any atom is 0.295 e. The number of benzene rings is 2. The zero-order valence-corrected chi connectivity index (χ0v) is 14.9. The van der Waals surface area contributed by atoms with Crippen molar-refractivity contribution in [3.63, 3.8) is 0 Å². The van der Waals surface area contributed by atoms with Gasteiger partial charge in [0.05, 0.1) is 12.4 Å². The Morgan fingerprint density at radius 1 is 0.923 bits per heavy atom. The summed E-state index contributed by atoms with van der Waals surface area (Å²) in [6.07, 6.45) is 1.29. The third kappa shape index (κ3) is 1.53. The number of imidazole rings is 1. The van der Waals surface area contributed by atoms with Gasteiger partial charge in [-0.05, 0) is 25.0 Å². The van der Waals surface area contributed by atoms with Gasteiger partial charge in [0, 0.05) is 43.6 Å². The zero-order chi connectivity index (χ0) is 28.6. The number of aromatic nitrogens is 2. The van der Waals surface area contributed by atoms with Crippen LogP contribution >= 0.6 is 0 Å². The standard InChI is InChI=1S/C24H27N2/c1-14-9-8-10-16-19-15(2)11-12-17-21(19)26-18(24(5,6)23(17,3)4)13-25(7)22(26)20(14)16/h8-13H,1-7H3/q+1/i3D3,4D3,5D3,6D3. The zero-order valence-electron chi connectivity index (χ0n) is 26.9. The largest absolute Gasteiger partial charge is 0.295 e. The molecule has 132 valence electrons. The van der Waals surface area contributed by atoms with Crippen LogP contribution in [-0.4, -0.2) is 4.40 Å². The minimum absolute atomic E-state index is 0.199. The molecule has 0 saturated carbocycles. The minimum Gasteiger partial charge on any atom is -0.232 e. The summed E-state index contributed by atoms with van der Waals surface area (Å²) in [5.74, 6) is 0. The molecule has 2 aromatic carbocycles. The molecule has 3 heterocycles. The highest BCUT2D eigenvalue weighted by atomic mass is 15.1. The summed E-state index contributed by atoms with van der Waals surface area (Å²) in [6.45, 7) is -10.6. The smallest absolute Gasteiger partial charge is 0.232 e. The Kier molecular flexibility index (Phi) is 1.33. The number of nitrogens with zero attached hydrogens (tertiary/aromatic N) is 2. The summed E-state index contributed by atoms with van der Waals surface area (Å²) in [7, 11) is 1.62. The molecule has 0 atom stereocenters. The minimum atomic E-state index is -3.57. The predicted molar refractivity (Wildman–Crippen MR) is 109 cm³/mol. The quantitative estimate of drug-likeness (QED) is 0.300. The van der Waals surface area contributed by atoms with Crippen LogP contribution in [0, 0.1) is 13.8 Å². The molecule has 0 aliphatic carbocycles. The first-order valence-electron chi connectivity index (χ1n) is 14.5. The van der Waals surface area contributed by atoms with Gasteiger partial charge < -0.3 is 0 Å². The number of hydrogen-bond acceptors (Lipinski definition) is 0. The summed E-state index contributed by atoms with van der Waals surface area (Å²) < 4.78 is 107. The number of hydrogen-bond donors (Lipinski definition) is 0. The second kappa shape index (κ2) is 4.49. The van der Waals surface area contributed by atoms with Crippen LogP contribution in [-0.2, 0) is 17.9 Å². The molecule has 2 nitrogen and oxygen atoms in total. The average molecular weight is 356 g/mol. The van der Waals surface area contributed by atoms with E-state index in [1.807, 2.05) is 25.1 Å². The van der Waals surface area contributed by atoms with E-state index >= 15 is 0 Å². The first-order valence-corrected chi connectivity index (χ1v) is 8.54. The van der Waals surface area contributed by atoms with Crippen molar-refractivity contribution in [2.75, 3.05) is 0 Å². The number of fused-ring (bicyclic) bond motifs is 3. The van der Waals surface area contributed by atoms with E-state index in [2.05, 4.69) is 0 Å². The highest BCUT2D eigenvalue weighted by Gasteiger charge is 2.50. The Morgan fingerprint density at radius 2 is 1.65 bits per heavy atom. The van der Waals surface area contributed by atoms with Crippen LogP contribution in [0.4, 0.5) is 0 Å². The predicted octanol–water partition coefficient (Wildman–Crippen LogP) is 5.26. The van der Waals surface area contributed by atoms with Gasteiger partial charge in [0.2, 0.25) is 0 Å². The first-order chi connectivity index (χ1) is 17.2. The van der Waals surface area contributed by atoms with Crippen molar-refractivity contribution in [2.24, 2.45) is 7.05 Å². The fourth-order valence-corrected chi connectivity index (χ4v) is 4.49. The van der Waals surface area contributed by atoms with Crippen LogP contribution in [0.5, 0.6) is 0 Å². The molecule has 2 aromatic heterocycles. The monoisotopic (exact) mass is 355 g/mol. The summed E-state index contributed by atoms with van der Waals surface area (Å²) in [5.41, 5.74) is -5.13. The van der Waals surface area contributed by atoms with Crippen molar-refractivity contribution in [3.05, 3.63) is 58.9 Å². The normalized spacial score (nSPS) is 26.4. The second-order valence-electron chi connectivity index (χ2n) is 7.44. The molecular weight excluding hydrogens is 316 g/mol. The van der Waals surface area contributed by atoms with Crippen LogP contribution in [0.1, 0.15) is 66.2 Å². The topological polar surface area (TPSA) is 8.29 Å². The lowest BCUT2D eigenvalue weighted by molar-refractivity contribution is -0.643. The lowest BCUT2D eigenvalue weighted by Gasteiger charge is -2.43. The van der Waals surface area contributed by atoms with Crippen LogP contribution in [0.15, 0.2) is 36.5 Å². The molecule has 1 aliphatic heterocycles. The van der Waals surface area contributed by atoms with Gasteiger partial charge in [-0.3, -0.25) is 0 Å².